The Balaban J connectivity index is 1.76. The lowest BCUT2D eigenvalue weighted by Crippen LogP contribution is -2.42. The average Bonchev–Trinajstić information content (AvgIpc) is 2.86. The number of fused-ring (bicyclic) bond motifs is 1. The normalized spacial score (nSPS) is 13.1. The van der Waals surface area contributed by atoms with Crippen LogP contribution in [0.4, 0.5) is 0 Å². The monoisotopic (exact) mass is 356 g/mol. The third-order valence-corrected chi connectivity index (χ3v) is 4.51. The van der Waals surface area contributed by atoms with Crippen LogP contribution in [0.1, 0.15) is 33.2 Å². The Morgan fingerprint density at radius 1 is 1.04 bits per heavy atom. The number of carbonyl (C=O) groups is 3. The van der Waals surface area contributed by atoms with Gasteiger partial charge in [-0.1, -0.05) is 48.0 Å². The van der Waals surface area contributed by atoms with Crippen molar-refractivity contribution in [1.82, 2.24) is 9.80 Å². The van der Waals surface area contributed by atoms with Crippen LogP contribution in [0.15, 0.2) is 48.5 Å². The first kappa shape index (κ1) is 17.2. The molecule has 5 nitrogen and oxygen atoms in total. The Morgan fingerprint density at radius 2 is 1.76 bits per heavy atom. The van der Waals surface area contributed by atoms with Crippen LogP contribution < -0.4 is 0 Å². The third kappa shape index (κ3) is 3.28. The van der Waals surface area contributed by atoms with Gasteiger partial charge in [0.15, 0.2) is 0 Å². The van der Waals surface area contributed by atoms with Crippen molar-refractivity contribution in [2.45, 2.75) is 13.5 Å². The lowest BCUT2D eigenvalue weighted by molar-refractivity contribution is -0.131. The van der Waals surface area contributed by atoms with E-state index in [2.05, 4.69) is 0 Å². The van der Waals surface area contributed by atoms with E-state index in [4.69, 9.17) is 11.6 Å². The molecule has 0 aromatic heterocycles. The largest absolute Gasteiger partial charge is 0.337 e. The molecule has 0 atom stereocenters. The van der Waals surface area contributed by atoms with E-state index in [9.17, 15) is 14.4 Å². The second kappa shape index (κ2) is 7.07. The molecule has 0 fully saturated rings. The first-order valence-electron chi connectivity index (χ1n) is 7.99. The lowest BCUT2D eigenvalue weighted by atomic mass is 10.1. The van der Waals surface area contributed by atoms with Gasteiger partial charge >= 0.3 is 0 Å². The quantitative estimate of drug-likeness (QED) is 0.774. The van der Waals surface area contributed by atoms with E-state index in [0.717, 1.165) is 10.5 Å². The first-order chi connectivity index (χ1) is 12.0. The molecule has 0 radical (unpaired) electrons. The minimum Gasteiger partial charge on any atom is -0.337 e. The summed E-state index contributed by atoms with van der Waals surface area (Å²) in [5.41, 5.74) is 1.41. The van der Waals surface area contributed by atoms with E-state index in [1.165, 1.54) is 0 Å². The fourth-order valence-corrected chi connectivity index (χ4v) is 3.11. The summed E-state index contributed by atoms with van der Waals surface area (Å²) in [6.07, 6.45) is 0. The summed E-state index contributed by atoms with van der Waals surface area (Å²) < 4.78 is 0. The van der Waals surface area contributed by atoms with Crippen LogP contribution in [-0.4, -0.2) is 40.6 Å². The third-order valence-electron chi connectivity index (χ3n) is 4.19. The van der Waals surface area contributed by atoms with E-state index in [-0.39, 0.29) is 28.6 Å². The van der Waals surface area contributed by atoms with Crippen molar-refractivity contribution in [3.63, 3.8) is 0 Å². The standard InChI is InChI=1S/C19H17ClN2O3/c1-2-21(11-13-7-4-3-5-8-13)16(23)12-22-18(24)14-9-6-10-15(20)17(14)19(22)25/h3-10H,2,11-12H2,1H3. The summed E-state index contributed by atoms with van der Waals surface area (Å²) in [5, 5.41) is 0.224. The van der Waals surface area contributed by atoms with Gasteiger partial charge in [0.05, 0.1) is 16.1 Å². The Bertz CT molecular complexity index is 836. The van der Waals surface area contributed by atoms with E-state index in [1.54, 1.807) is 23.1 Å². The topological polar surface area (TPSA) is 57.7 Å². The maximum absolute atomic E-state index is 12.6. The van der Waals surface area contributed by atoms with Gasteiger partial charge in [0, 0.05) is 13.1 Å². The molecule has 3 rings (SSSR count). The highest BCUT2D eigenvalue weighted by molar-refractivity contribution is 6.37. The van der Waals surface area contributed by atoms with Gasteiger partial charge in [0.25, 0.3) is 11.8 Å². The molecule has 0 bridgehead atoms. The highest BCUT2D eigenvalue weighted by atomic mass is 35.5. The van der Waals surface area contributed by atoms with Gasteiger partial charge in [-0.15, -0.1) is 0 Å². The number of hydrogen-bond donors (Lipinski definition) is 0. The molecule has 0 unspecified atom stereocenters. The molecule has 1 heterocycles. The molecular formula is C19H17ClN2O3. The number of carbonyl (C=O) groups excluding carboxylic acids is 3. The fourth-order valence-electron chi connectivity index (χ4n) is 2.85. The van der Waals surface area contributed by atoms with Crippen molar-refractivity contribution in [1.29, 1.82) is 0 Å². The van der Waals surface area contributed by atoms with Crippen molar-refractivity contribution in [3.05, 3.63) is 70.2 Å². The van der Waals surface area contributed by atoms with Crippen LogP contribution in [0.2, 0.25) is 5.02 Å². The van der Waals surface area contributed by atoms with E-state index in [1.807, 2.05) is 37.3 Å². The van der Waals surface area contributed by atoms with Gasteiger partial charge in [0.2, 0.25) is 5.91 Å². The highest BCUT2D eigenvalue weighted by Crippen LogP contribution is 2.29. The first-order valence-corrected chi connectivity index (χ1v) is 8.37. The number of benzene rings is 2. The van der Waals surface area contributed by atoms with Gasteiger partial charge in [-0.25, -0.2) is 0 Å². The summed E-state index contributed by atoms with van der Waals surface area (Å²) in [7, 11) is 0. The second-order valence-electron chi connectivity index (χ2n) is 5.75. The van der Waals surface area contributed by atoms with Gasteiger partial charge < -0.3 is 4.90 Å². The number of hydrogen-bond acceptors (Lipinski definition) is 3. The maximum atomic E-state index is 12.6. The zero-order valence-electron chi connectivity index (χ0n) is 13.7. The van der Waals surface area contributed by atoms with Crippen LogP contribution in [0.5, 0.6) is 0 Å². The van der Waals surface area contributed by atoms with Crippen molar-refractivity contribution in [2.24, 2.45) is 0 Å². The predicted molar refractivity (Wildman–Crippen MR) is 94.4 cm³/mol. The van der Waals surface area contributed by atoms with Crippen molar-refractivity contribution in [2.75, 3.05) is 13.1 Å². The van der Waals surface area contributed by atoms with Crippen LogP contribution in [0.25, 0.3) is 0 Å². The van der Waals surface area contributed by atoms with Gasteiger partial charge in [0.1, 0.15) is 6.54 Å². The molecule has 1 aliphatic rings. The molecule has 128 valence electrons. The fraction of sp³-hybridized carbons (Fsp3) is 0.211. The van der Waals surface area contributed by atoms with Gasteiger partial charge in [-0.2, -0.15) is 0 Å². The van der Waals surface area contributed by atoms with Crippen molar-refractivity contribution < 1.29 is 14.4 Å². The van der Waals surface area contributed by atoms with Gasteiger partial charge in [-0.3, -0.25) is 19.3 Å². The molecule has 0 saturated carbocycles. The minimum absolute atomic E-state index is 0.174. The molecule has 2 aromatic carbocycles. The Hall–Kier alpha value is -2.66. The molecule has 6 heteroatoms. The SMILES string of the molecule is CCN(Cc1ccccc1)C(=O)CN1C(=O)c2cccc(Cl)c2C1=O. The minimum atomic E-state index is -0.519. The van der Waals surface area contributed by atoms with Gasteiger partial charge in [-0.05, 0) is 24.6 Å². The molecular weight excluding hydrogens is 340 g/mol. The second-order valence-corrected chi connectivity index (χ2v) is 6.16. The zero-order chi connectivity index (χ0) is 18.0. The lowest BCUT2D eigenvalue weighted by Gasteiger charge is -2.23. The summed E-state index contributed by atoms with van der Waals surface area (Å²) in [5.74, 6) is -1.28. The molecule has 2 aromatic rings. The van der Waals surface area contributed by atoms with Crippen LogP contribution in [0, 0.1) is 0 Å². The van der Waals surface area contributed by atoms with Crippen molar-refractivity contribution in [3.8, 4) is 0 Å². The summed E-state index contributed by atoms with van der Waals surface area (Å²) in [6.45, 7) is 2.49. The smallest absolute Gasteiger partial charge is 0.263 e. The zero-order valence-corrected chi connectivity index (χ0v) is 14.5. The molecule has 3 amide bonds. The number of imide groups is 1. The molecule has 0 aliphatic carbocycles. The number of amides is 3. The molecule has 25 heavy (non-hydrogen) atoms. The number of halogens is 1. The van der Waals surface area contributed by atoms with E-state index in [0.29, 0.717) is 13.1 Å². The van der Waals surface area contributed by atoms with E-state index >= 15 is 0 Å². The Kier molecular flexibility index (Phi) is 4.86. The predicted octanol–water partition coefficient (Wildman–Crippen LogP) is 2.98. The molecule has 0 spiro atoms. The Morgan fingerprint density at radius 3 is 2.40 bits per heavy atom. The summed E-state index contributed by atoms with van der Waals surface area (Å²) in [4.78, 5) is 40.1. The summed E-state index contributed by atoms with van der Waals surface area (Å²) >= 11 is 6.03. The molecule has 0 N–H and O–H groups in total. The number of likely N-dealkylation sites (N-methyl/N-ethyl adjacent to an activating group) is 1. The summed E-state index contributed by atoms with van der Waals surface area (Å²) in [6, 6.07) is 14.3. The van der Waals surface area contributed by atoms with E-state index < -0.39 is 11.8 Å². The average molecular weight is 357 g/mol. The molecule has 1 aliphatic heterocycles. The van der Waals surface area contributed by atoms with Crippen LogP contribution in [-0.2, 0) is 11.3 Å². The molecule has 0 saturated heterocycles. The Labute approximate surface area is 150 Å². The maximum Gasteiger partial charge on any atom is 0.263 e. The number of rotatable bonds is 5. The number of nitrogens with zero attached hydrogens (tertiary/aromatic N) is 2. The van der Waals surface area contributed by atoms with Crippen molar-refractivity contribution >= 4 is 29.3 Å². The van der Waals surface area contributed by atoms with Crippen LogP contribution >= 0.6 is 11.6 Å². The van der Waals surface area contributed by atoms with Crippen LogP contribution in [0.3, 0.4) is 0 Å². The highest BCUT2D eigenvalue weighted by Gasteiger charge is 2.38.